The van der Waals surface area contributed by atoms with Gasteiger partial charge in [-0.15, -0.1) is 0 Å². The fourth-order valence-electron chi connectivity index (χ4n) is 3.19. The number of nitrogens with zero attached hydrogens (tertiary/aromatic N) is 4. The maximum atomic E-state index is 12.7. The average Bonchev–Trinajstić information content (AvgIpc) is 3.00. The maximum absolute atomic E-state index is 12.7. The molecule has 1 aliphatic rings. The van der Waals surface area contributed by atoms with Crippen LogP contribution < -0.4 is 5.69 Å². The van der Waals surface area contributed by atoms with Crippen LogP contribution in [0.5, 0.6) is 0 Å². The van der Waals surface area contributed by atoms with Gasteiger partial charge in [-0.25, -0.2) is 9.78 Å². The van der Waals surface area contributed by atoms with Crippen LogP contribution in [0.25, 0.3) is 11.2 Å². The van der Waals surface area contributed by atoms with E-state index >= 15 is 0 Å². The van der Waals surface area contributed by atoms with E-state index in [0.717, 1.165) is 30.7 Å². The number of rotatable bonds is 3. The van der Waals surface area contributed by atoms with E-state index in [1.54, 1.807) is 6.20 Å². The lowest BCUT2D eigenvalue weighted by molar-refractivity contribution is 0.265. The van der Waals surface area contributed by atoms with Gasteiger partial charge in [-0.05, 0) is 39.3 Å². The molecule has 0 radical (unpaired) electrons. The molecule has 1 fully saturated rings. The minimum Gasteiger partial charge on any atom is -0.299 e. The molecule has 0 N–H and O–H groups in total. The monoisotopic (exact) mass is 274 g/mol. The molecule has 0 spiro atoms. The molecule has 3 heterocycles. The van der Waals surface area contributed by atoms with Gasteiger partial charge in [0, 0.05) is 31.9 Å². The summed E-state index contributed by atoms with van der Waals surface area (Å²) >= 11 is 0. The third-order valence-electron chi connectivity index (χ3n) is 4.33. The molecule has 0 aliphatic carbocycles. The molecule has 0 aromatic carbocycles. The Hall–Kier alpha value is -1.62. The number of pyridine rings is 1. The lowest BCUT2D eigenvalue weighted by Gasteiger charge is -2.20. The van der Waals surface area contributed by atoms with Crippen molar-refractivity contribution in [2.24, 2.45) is 0 Å². The van der Waals surface area contributed by atoms with Gasteiger partial charge in [0.2, 0.25) is 0 Å². The zero-order valence-electron chi connectivity index (χ0n) is 12.4. The highest BCUT2D eigenvalue weighted by atomic mass is 16.1. The number of imidazole rings is 1. The lowest BCUT2D eigenvalue weighted by atomic mass is 10.2. The van der Waals surface area contributed by atoms with E-state index in [2.05, 4.69) is 23.7 Å². The minimum absolute atomic E-state index is 0.0804. The van der Waals surface area contributed by atoms with Crippen molar-refractivity contribution >= 4 is 11.2 Å². The zero-order chi connectivity index (χ0) is 14.3. The Labute approximate surface area is 118 Å². The Morgan fingerprint density at radius 3 is 2.90 bits per heavy atom. The summed E-state index contributed by atoms with van der Waals surface area (Å²) in [6.07, 6.45) is 2.80. The van der Waals surface area contributed by atoms with E-state index in [4.69, 9.17) is 0 Å². The predicted molar refractivity (Wildman–Crippen MR) is 80.0 cm³/mol. The molecule has 2 aromatic rings. The molecule has 5 heteroatoms. The molecule has 108 valence electrons. The van der Waals surface area contributed by atoms with E-state index in [-0.39, 0.29) is 11.7 Å². The standard InChI is InChI=1S/C15H22N4O/c1-4-18-13-6-5-8-16-14(13)19(15(18)20)12-7-9-17(10-12)11(2)3/h5-6,8,11-12H,4,7,9-10H2,1-3H3/t12-/m1/s1. The van der Waals surface area contributed by atoms with Crippen LogP contribution in [0.3, 0.4) is 0 Å². The third kappa shape index (κ3) is 1.97. The summed E-state index contributed by atoms with van der Waals surface area (Å²) in [5.41, 5.74) is 1.86. The van der Waals surface area contributed by atoms with Crippen molar-refractivity contribution in [2.75, 3.05) is 13.1 Å². The molecule has 3 rings (SSSR count). The summed E-state index contributed by atoms with van der Waals surface area (Å²) < 4.78 is 3.72. The Bertz CT molecular complexity index is 670. The van der Waals surface area contributed by atoms with Crippen LogP contribution in [-0.4, -0.2) is 38.1 Å². The van der Waals surface area contributed by atoms with Crippen LogP contribution in [0.15, 0.2) is 23.1 Å². The normalized spacial score (nSPS) is 20.3. The molecule has 0 saturated carbocycles. The molecule has 0 unspecified atom stereocenters. The van der Waals surface area contributed by atoms with Crippen molar-refractivity contribution in [3.05, 3.63) is 28.8 Å². The van der Waals surface area contributed by atoms with Crippen LogP contribution in [0.4, 0.5) is 0 Å². The quantitative estimate of drug-likeness (QED) is 0.858. The van der Waals surface area contributed by atoms with E-state index in [1.165, 1.54) is 0 Å². The topological polar surface area (TPSA) is 43.1 Å². The smallest absolute Gasteiger partial charge is 0.299 e. The second kappa shape index (κ2) is 5.05. The fraction of sp³-hybridized carbons (Fsp3) is 0.600. The van der Waals surface area contributed by atoms with Gasteiger partial charge in [-0.3, -0.25) is 14.0 Å². The molecular weight excluding hydrogens is 252 g/mol. The third-order valence-corrected chi connectivity index (χ3v) is 4.33. The molecule has 1 aliphatic heterocycles. The molecule has 0 bridgehead atoms. The lowest BCUT2D eigenvalue weighted by Crippen LogP contribution is -2.32. The van der Waals surface area contributed by atoms with Gasteiger partial charge in [-0.2, -0.15) is 0 Å². The molecule has 5 nitrogen and oxygen atoms in total. The average molecular weight is 274 g/mol. The highest BCUT2D eigenvalue weighted by Crippen LogP contribution is 2.25. The molecular formula is C15H22N4O. The first-order chi connectivity index (χ1) is 9.63. The van der Waals surface area contributed by atoms with Crippen LogP contribution in [0.2, 0.25) is 0 Å². The van der Waals surface area contributed by atoms with Crippen molar-refractivity contribution in [2.45, 2.75) is 45.8 Å². The van der Waals surface area contributed by atoms with Crippen LogP contribution in [0, 0.1) is 0 Å². The SMILES string of the molecule is CCn1c(=O)n([C@@H]2CCN(C(C)C)C2)c2ncccc21. The first-order valence-corrected chi connectivity index (χ1v) is 7.43. The Morgan fingerprint density at radius 2 is 2.25 bits per heavy atom. The number of hydrogen-bond donors (Lipinski definition) is 0. The Balaban J connectivity index is 2.09. The van der Waals surface area contributed by atoms with Gasteiger partial charge >= 0.3 is 5.69 Å². The molecule has 1 atom stereocenters. The second-order valence-electron chi connectivity index (χ2n) is 5.77. The van der Waals surface area contributed by atoms with Crippen molar-refractivity contribution in [1.29, 1.82) is 0 Å². The van der Waals surface area contributed by atoms with Gasteiger partial charge in [0.25, 0.3) is 0 Å². The molecule has 1 saturated heterocycles. The van der Waals surface area contributed by atoms with Gasteiger partial charge in [0.1, 0.15) is 0 Å². The Kier molecular flexibility index (Phi) is 3.38. The highest BCUT2D eigenvalue weighted by molar-refractivity contribution is 5.71. The molecule has 20 heavy (non-hydrogen) atoms. The molecule has 2 aromatic heterocycles. The number of aromatic nitrogens is 3. The van der Waals surface area contributed by atoms with Crippen LogP contribution in [0.1, 0.15) is 33.2 Å². The van der Waals surface area contributed by atoms with Gasteiger partial charge in [0.15, 0.2) is 5.65 Å². The van der Waals surface area contributed by atoms with Crippen LogP contribution >= 0.6 is 0 Å². The first-order valence-electron chi connectivity index (χ1n) is 7.43. The fourth-order valence-corrected chi connectivity index (χ4v) is 3.19. The number of hydrogen-bond acceptors (Lipinski definition) is 3. The van der Waals surface area contributed by atoms with Crippen molar-refractivity contribution in [3.8, 4) is 0 Å². The van der Waals surface area contributed by atoms with Crippen molar-refractivity contribution in [3.63, 3.8) is 0 Å². The summed E-state index contributed by atoms with van der Waals surface area (Å²) in [4.78, 5) is 19.5. The first kappa shape index (κ1) is 13.4. The summed E-state index contributed by atoms with van der Waals surface area (Å²) in [6.45, 7) is 9.11. The van der Waals surface area contributed by atoms with Crippen molar-refractivity contribution < 1.29 is 0 Å². The molecule has 0 amide bonds. The van der Waals surface area contributed by atoms with E-state index in [0.29, 0.717) is 12.6 Å². The largest absolute Gasteiger partial charge is 0.330 e. The summed E-state index contributed by atoms with van der Waals surface area (Å²) in [6, 6.07) is 4.66. The van der Waals surface area contributed by atoms with Gasteiger partial charge in [-0.1, -0.05) is 0 Å². The van der Waals surface area contributed by atoms with E-state index in [1.807, 2.05) is 28.2 Å². The van der Waals surface area contributed by atoms with E-state index < -0.39 is 0 Å². The highest BCUT2D eigenvalue weighted by Gasteiger charge is 2.29. The second-order valence-corrected chi connectivity index (χ2v) is 5.77. The minimum atomic E-state index is 0.0804. The maximum Gasteiger partial charge on any atom is 0.330 e. The van der Waals surface area contributed by atoms with E-state index in [9.17, 15) is 4.79 Å². The number of likely N-dealkylation sites (tertiary alicyclic amines) is 1. The Morgan fingerprint density at radius 1 is 1.45 bits per heavy atom. The number of fused-ring (bicyclic) bond motifs is 1. The summed E-state index contributed by atoms with van der Waals surface area (Å²) in [7, 11) is 0. The van der Waals surface area contributed by atoms with Crippen molar-refractivity contribution in [1.82, 2.24) is 19.0 Å². The van der Waals surface area contributed by atoms with Crippen LogP contribution in [-0.2, 0) is 6.54 Å². The zero-order valence-corrected chi connectivity index (χ0v) is 12.4. The van der Waals surface area contributed by atoms with Gasteiger partial charge < -0.3 is 0 Å². The summed E-state index contributed by atoms with van der Waals surface area (Å²) in [5.74, 6) is 0. The predicted octanol–water partition coefficient (Wildman–Crippen LogP) is 1.87. The number of aryl methyl sites for hydroxylation is 1. The van der Waals surface area contributed by atoms with Gasteiger partial charge in [0.05, 0.1) is 11.6 Å². The summed E-state index contributed by atoms with van der Waals surface area (Å²) in [5, 5.41) is 0.